The van der Waals surface area contributed by atoms with Crippen LogP contribution in [0.25, 0.3) is 0 Å². The van der Waals surface area contributed by atoms with Gasteiger partial charge in [-0.25, -0.2) is 4.98 Å². The van der Waals surface area contributed by atoms with Crippen molar-refractivity contribution >= 4 is 16.7 Å². The van der Waals surface area contributed by atoms with E-state index in [9.17, 15) is 0 Å². The quantitative estimate of drug-likeness (QED) is 0.795. The summed E-state index contributed by atoms with van der Waals surface area (Å²) in [5, 5.41) is 7.75. The van der Waals surface area contributed by atoms with Gasteiger partial charge in [0.15, 0.2) is 0 Å². The monoisotopic (exact) mass is 212 g/mol. The average Bonchev–Trinajstić information content (AvgIpc) is 2.63. The highest BCUT2D eigenvalue weighted by Crippen LogP contribution is 2.12. The molecule has 1 fully saturated rings. The lowest BCUT2D eigenvalue weighted by Crippen LogP contribution is -2.39. The summed E-state index contributed by atoms with van der Waals surface area (Å²) in [5.74, 6) is 0.856. The standard InChI is InChI=1S/C9H16N4S/c1-7-12-9(14-13-7)11-6-8-4-2-3-5-10-8/h8,10H,2-6H2,1H3,(H,11,12,13). The summed E-state index contributed by atoms with van der Waals surface area (Å²) < 4.78 is 4.13. The molecule has 0 amide bonds. The number of nitrogens with one attached hydrogen (secondary N) is 2. The molecule has 0 aromatic carbocycles. The maximum atomic E-state index is 4.26. The third-order valence-electron chi connectivity index (χ3n) is 2.44. The van der Waals surface area contributed by atoms with Gasteiger partial charge in [0.1, 0.15) is 5.82 Å². The van der Waals surface area contributed by atoms with Gasteiger partial charge >= 0.3 is 0 Å². The molecule has 4 nitrogen and oxygen atoms in total. The number of piperidine rings is 1. The zero-order valence-electron chi connectivity index (χ0n) is 8.42. The number of hydrogen-bond donors (Lipinski definition) is 2. The van der Waals surface area contributed by atoms with Gasteiger partial charge in [-0.1, -0.05) is 6.42 Å². The average molecular weight is 212 g/mol. The highest BCUT2D eigenvalue weighted by atomic mass is 32.1. The first-order valence-electron chi connectivity index (χ1n) is 5.12. The minimum absolute atomic E-state index is 0.605. The first kappa shape index (κ1) is 9.86. The summed E-state index contributed by atoms with van der Waals surface area (Å²) >= 11 is 1.44. The normalized spacial score (nSPS) is 22.2. The second kappa shape index (κ2) is 4.70. The largest absolute Gasteiger partial charge is 0.359 e. The van der Waals surface area contributed by atoms with Crippen LogP contribution in [0.2, 0.25) is 0 Å². The summed E-state index contributed by atoms with van der Waals surface area (Å²) in [6, 6.07) is 0.605. The van der Waals surface area contributed by atoms with Crippen LogP contribution in [0.3, 0.4) is 0 Å². The molecule has 2 heterocycles. The van der Waals surface area contributed by atoms with Gasteiger partial charge in [0.2, 0.25) is 5.13 Å². The van der Waals surface area contributed by atoms with E-state index in [1.165, 1.54) is 30.8 Å². The highest BCUT2D eigenvalue weighted by molar-refractivity contribution is 7.09. The fraction of sp³-hybridized carbons (Fsp3) is 0.778. The van der Waals surface area contributed by atoms with Crippen molar-refractivity contribution in [1.82, 2.24) is 14.7 Å². The molecule has 1 unspecified atom stereocenters. The summed E-state index contributed by atoms with van der Waals surface area (Å²) in [6.07, 6.45) is 3.92. The molecule has 2 rings (SSSR count). The molecule has 0 spiro atoms. The molecule has 1 aliphatic rings. The van der Waals surface area contributed by atoms with Gasteiger partial charge in [-0.15, -0.1) is 0 Å². The SMILES string of the molecule is Cc1nsc(NCC2CCCCN2)n1. The smallest absolute Gasteiger partial charge is 0.202 e. The molecule has 1 aromatic rings. The zero-order valence-corrected chi connectivity index (χ0v) is 9.23. The van der Waals surface area contributed by atoms with Crippen LogP contribution < -0.4 is 10.6 Å². The Morgan fingerprint density at radius 2 is 2.50 bits per heavy atom. The number of hydrogen-bond acceptors (Lipinski definition) is 5. The van der Waals surface area contributed by atoms with Crippen molar-refractivity contribution in [3.63, 3.8) is 0 Å². The van der Waals surface area contributed by atoms with E-state index in [1.807, 2.05) is 6.92 Å². The molecule has 5 heteroatoms. The predicted octanol–water partition coefficient (Wildman–Crippen LogP) is 1.40. The van der Waals surface area contributed by atoms with Gasteiger partial charge in [-0.3, -0.25) is 0 Å². The van der Waals surface area contributed by atoms with Crippen molar-refractivity contribution in [2.24, 2.45) is 0 Å². The number of nitrogens with zero attached hydrogens (tertiary/aromatic N) is 2. The maximum Gasteiger partial charge on any atom is 0.202 e. The minimum Gasteiger partial charge on any atom is -0.359 e. The summed E-state index contributed by atoms with van der Waals surface area (Å²) in [6.45, 7) is 4.04. The first-order chi connectivity index (χ1) is 6.84. The number of rotatable bonds is 3. The maximum absolute atomic E-state index is 4.26. The Kier molecular flexibility index (Phi) is 3.31. The van der Waals surface area contributed by atoms with Gasteiger partial charge < -0.3 is 10.6 Å². The van der Waals surface area contributed by atoms with Crippen molar-refractivity contribution in [2.75, 3.05) is 18.4 Å². The second-order valence-corrected chi connectivity index (χ2v) is 4.43. The number of aromatic nitrogens is 2. The highest BCUT2D eigenvalue weighted by Gasteiger charge is 2.12. The van der Waals surface area contributed by atoms with Crippen LogP contribution in [0.4, 0.5) is 5.13 Å². The molecule has 14 heavy (non-hydrogen) atoms. The van der Waals surface area contributed by atoms with Crippen LogP contribution in [0.1, 0.15) is 25.1 Å². The molecule has 0 bridgehead atoms. The Balaban J connectivity index is 1.76. The molecule has 1 atom stereocenters. The molecular formula is C9H16N4S. The van der Waals surface area contributed by atoms with Crippen molar-refractivity contribution in [3.05, 3.63) is 5.82 Å². The molecule has 2 N–H and O–H groups in total. The minimum atomic E-state index is 0.605. The summed E-state index contributed by atoms with van der Waals surface area (Å²) in [5.41, 5.74) is 0. The van der Waals surface area contributed by atoms with E-state index in [1.54, 1.807) is 0 Å². The molecule has 1 aliphatic heterocycles. The van der Waals surface area contributed by atoms with Crippen LogP contribution in [0.15, 0.2) is 0 Å². The molecule has 78 valence electrons. The lowest BCUT2D eigenvalue weighted by atomic mass is 10.1. The van der Waals surface area contributed by atoms with Crippen molar-refractivity contribution in [1.29, 1.82) is 0 Å². The van der Waals surface area contributed by atoms with Crippen LogP contribution in [0, 0.1) is 6.92 Å². The van der Waals surface area contributed by atoms with Crippen molar-refractivity contribution in [2.45, 2.75) is 32.2 Å². The molecule has 1 aromatic heterocycles. The fourth-order valence-electron chi connectivity index (χ4n) is 1.68. The Morgan fingerprint density at radius 3 is 3.14 bits per heavy atom. The van der Waals surface area contributed by atoms with E-state index in [-0.39, 0.29) is 0 Å². The van der Waals surface area contributed by atoms with E-state index >= 15 is 0 Å². The summed E-state index contributed by atoms with van der Waals surface area (Å²) in [7, 11) is 0. The van der Waals surface area contributed by atoms with E-state index in [0.29, 0.717) is 6.04 Å². The topological polar surface area (TPSA) is 49.8 Å². The number of anilines is 1. The molecule has 0 radical (unpaired) electrons. The Morgan fingerprint density at radius 1 is 1.57 bits per heavy atom. The predicted molar refractivity (Wildman–Crippen MR) is 58.8 cm³/mol. The van der Waals surface area contributed by atoms with Crippen LogP contribution in [0.5, 0.6) is 0 Å². The third kappa shape index (κ3) is 2.65. The fourth-order valence-corrected chi connectivity index (χ4v) is 2.26. The van der Waals surface area contributed by atoms with E-state index in [0.717, 1.165) is 24.0 Å². The zero-order chi connectivity index (χ0) is 9.80. The van der Waals surface area contributed by atoms with Gasteiger partial charge in [-0.05, 0) is 26.3 Å². The Bertz CT molecular complexity index is 280. The van der Waals surface area contributed by atoms with Crippen molar-refractivity contribution in [3.8, 4) is 0 Å². The van der Waals surface area contributed by atoms with Gasteiger partial charge in [0, 0.05) is 24.1 Å². The Labute approximate surface area is 88.3 Å². The van der Waals surface area contributed by atoms with Gasteiger partial charge in [0.05, 0.1) is 0 Å². The van der Waals surface area contributed by atoms with Crippen LogP contribution in [-0.2, 0) is 0 Å². The van der Waals surface area contributed by atoms with Gasteiger partial charge in [0.25, 0.3) is 0 Å². The lowest BCUT2D eigenvalue weighted by Gasteiger charge is -2.23. The summed E-state index contributed by atoms with van der Waals surface area (Å²) in [4.78, 5) is 4.26. The molecule has 0 aliphatic carbocycles. The first-order valence-corrected chi connectivity index (χ1v) is 5.89. The molecule has 0 saturated carbocycles. The lowest BCUT2D eigenvalue weighted by molar-refractivity contribution is 0.414. The molecule has 1 saturated heterocycles. The van der Waals surface area contributed by atoms with E-state index in [4.69, 9.17) is 0 Å². The number of aryl methyl sites for hydroxylation is 1. The Hall–Kier alpha value is -0.680. The van der Waals surface area contributed by atoms with E-state index < -0.39 is 0 Å². The van der Waals surface area contributed by atoms with E-state index in [2.05, 4.69) is 20.0 Å². The van der Waals surface area contributed by atoms with Gasteiger partial charge in [-0.2, -0.15) is 4.37 Å². The van der Waals surface area contributed by atoms with Crippen LogP contribution >= 0.6 is 11.5 Å². The third-order valence-corrected chi connectivity index (χ3v) is 3.20. The molecular weight excluding hydrogens is 196 g/mol. The van der Waals surface area contributed by atoms with Crippen LogP contribution in [-0.4, -0.2) is 28.5 Å². The van der Waals surface area contributed by atoms with Crippen molar-refractivity contribution < 1.29 is 0 Å². The second-order valence-electron chi connectivity index (χ2n) is 3.67.